The van der Waals surface area contributed by atoms with E-state index in [4.69, 9.17) is 0 Å². The van der Waals surface area contributed by atoms with Crippen LogP contribution in [0.15, 0.2) is 11.1 Å². The summed E-state index contributed by atoms with van der Waals surface area (Å²) in [5.74, 6) is 0. The van der Waals surface area contributed by atoms with E-state index in [1.165, 1.54) is 31.3 Å². The Bertz CT molecular complexity index is 240. The van der Waals surface area contributed by atoms with Gasteiger partial charge in [-0.3, -0.25) is 0 Å². The van der Waals surface area contributed by atoms with Gasteiger partial charge in [0.1, 0.15) is 6.29 Å². The van der Waals surface area contributed by atoms with Crippen molar-refractivity contribution >= 4 is 6.29 Å². The highest BCUT2D eigenvalue weighted by atomic mass is 16.1. The molecule has 0 saturated carbocycles. The van der Waals surface area contributed by atoms with Crippen molar-refractivity contribution in [2.24, 2.45) is 5.41 Å². The van der Waals surface area contributed by atoms with Crippen molar-refractivity contribution in [1.82, 2.24) is 0 Å². The fourth-order valence-corrected chi connectivity index (χ4v) is 2.66. The number of allylic oxidation sites excluding steroid dienone is 2. The van der Waals surface area contributed by atoms with E-state index in [2.05, 4.69) is 20.8 Å². The van der Waals surface area contributed by atoms with Crippen LogP contribution in [0.3, 0.4) is 0 Å². The van der Waals surface area contributed by atoms with Gasteiger partial charge in [0.2, 0.25) is 0 Å². The molecule has 1 aliphatic rings. The van der Waals surface area contributed by atoms with Gasteiger partial charge in [0.05, 0.1) is 0 Å². The molecule has 80 valence electrons. The van der Waals surface area contributed by atoms with E-state index in [0.29, 0.717) is 5.41 Å². The van der Waals surface area contributed by atoms with E-state index < -0.39 is 0 Å². The Labute approximate surface area is 87.6 Å². The third-order valence-corrected chi connectivity index (χ3v) is 3.70. The van der Waals surface area contributed by atoms with Crippen LogP contribution in [0.2, 0.25) is 0 Å². The molecule has 0 heterocycles. The van der Waals surface area contributed by atoms with Crippen molar-refractivity contribution in [1.29, 1.82) is 0 Å². The molecule has 0 fully saturated rings. The molecule has 1 rings (SSSR count). The summed E-state index contributed by atoms with van der Waals surface area (Å²) in [6.07, 6.45) is 7.82. The Kier molecular flexibility index (Phi) is 3.91. The Hall–Kier alpha value is -0.590. The van der Waals surface area contributed by atoms with Crippen molar-refractivity contribution in [2.75, 3.05) is 0 Å². The summed E-state index contributed by atoms with van der Waals surface area (Å²) in [5.41, 5.74) is 3.37. The summed E-state index contributed by atoms with van der Waals surface area (Å²) in [6.45, 7) is 6.67. The second kappa shape index (κ2) is 4.77. The highest BCUT2D eigenvalue weighted by Crippen LogP contribution is 2.44. The third-order valence-electron chi connectivity index (χ3n) is 3.70. The minimum atomic E-state index is 0.306. The maximum atomic E-state index is 10.7. The molecule has 1 nitrogen and oxygen atoms in total. The number of hydrogen-bond donors (Lipinski definition) is 0. The van der Waals surface area contributed by atoms with Gasteiger partial charge in [-0.05, 0) is 44.9 Å². The fourth-order valence-electron chi connectivity index (χ4n) is 2.66. The lowest BCUT2D eigenvalue weighted by Gasteiger charge is -2.37. The minimum Gasteiger partial charge on any atom is -0.303 e. The van der Waals surface area contributed by atoms with E-state index in [0.717, 1.165) is 19.1 Å². The molecule has 0 saturated heterocycles. The standard InChI is InChI=1S/C13H22O/c1-4-6-13(8-9-14)7-5-11(2)12(3)10-13/h9H,4-8,10H2,1-3H3/t13-/m0/s1. The lowest BCUT2D eigenvalue weighted by atomic mass is 9.68. The Morgan fingerprint density at radius 1 is 1.36 bits per heavy atom. The predicted octanol–water partition coefficient (Wildman–Crippen LogP) is 3.88. The molecule has 0 aromatic heterocycles. The van der Waals surface area contributed by atoms with Crippen LogP contribution in [0.4, 0.5) is 0 Å². The first-order valence-corrected chi connectivity index (χ1v) is 5.72. The average Bonchev–Trinajstić information content (AvgIpc) is 2.13. The van der Waals surface area contributed by atoms with Gasteiger partial charge in [0.25, 0.3) is 0 Å². The third kappa shape index (κ3) is 2.46. The largest absolute Gasteiger partial charge is 0.303 e. The first-order valence-electron chi connectivity index (χ1n) is 5.72. The summed E-state index contributed by atoms with van der Waals surface area (Å²) in [5, 5.41) is 0. The monoisotopic (exact) mass is 194 g/mol. The van der Waals surface area contributed by atoms with E-state index >= 15 is 0 Å². The summed E-state index contributed by atoms with van der Waals surface area (Å²) in [4.78, 5) is 10.7. The number of aldehydes is 1. The zero-order chi connectivity index (χ0) is 10.6. The first kappa shape index (κ1) is 11.5. The topological polar surface area (TPSA) is 17.1 Å². The normalized spacial score (nSPS) is 27.9. The molecule has 0 unspecified atom stereocenters. The first-order chi connectivity index (χ1) is 6.63. The SMILES string of the molecule is CCC[C@@]1(CC=O)CCC(C)=C(C)C1. The molecule has 14 heavy (non-hydrogen) atoms. The highest BCUT2D eigenvalue weighted by Gasteiger charge is 2.32. The maximum Gasteiger partial charge on any atom is 0.120 e. The summed E-state index contributed by atoms with van der Waals surface area (Å²) >= 11 is 0. The lowest BCUT2D eigenvalue weighted by Crippen LogP contribution is -2.25. The van der Waals surface area contributed by atoms with Gasteiger partial charge in [-0.2, -0.15) is 0 Å². The Morgan fingerprint density at radius 2 is 2.07 bits per heavy atom. The molecular weight excluding hydrogens is 172 g/mol. The van der Waals surface area contributed by atoms with Gasteiger partial charge < -0.3 is 4.79 Å². The quantitative estimate of drug-likeness (QED) is 0.490. The van der Waals surface area contributed by atoms with Crippen molar-refractivity contribution in [3.63, 3.8) is 0 Å². The van der Waals surface area contributed by atoms with Crippen LogP contribution in [-0.4, -0.2) is 6.29 Å². The van der Waals surface area contributed by atoms with E-state index in [9.17, 15) is 4.79 Å². The van der Waals surface area contributed by atoms with Crippen LogP contribution in [0.25, 0.3) is 0 Å². The van der Waals surface area contributed by atoms with Crippen molar-refractivity contribution in [3.05, 3.63) is 11.1 Å². The second-order valence-corrected chi connectivity index (χ2v) is 4.86. The lowest BCUT2D eigenvalue weighted by molar-refractivity contribution is -0.110. The number of carbonyl (C=O) groups excluding carboxylic acids is 1. The van der Waals surface area contributed by atoms with Gasteiger partial charge in [-0.1, -0.05) is 24.5 Å². The molecule has 0 aromatic rings. The molecule has 0 radical (unpaired) electrons. The molecular formula is C13H22O. The van der Waals surface area contributed by atoms with Gasteiger partial charge in [-0.25, -0.2) is 0 Å². The number of rotatable bonds is 4. The van der Waals surface area contributed by atoms with Gasteiger partial charge >= 0.3 is 0 Å². The number of hydrogen-bond acceptors (Lipinski definition) is 1. The maximum absolute atomic E-state index is 10.7. The molecule has 0 amide bonds. The van der Waals surface area contributed by atoms with Crippen molar-refractivity contribution in [2.45, 2.75) is 59.3 Å². The molecule has 0 spiro atoms. The zero-order valence-corrected chi connectivity index (χ0v) is 9.73. The van der Waals surface area contributed by atoms with Gasteiger partial charge in [0, 0.05) is 6.42 Å². The van der Waals surface area contributed by atoms with Crippen LogP contribution < -0.4 is 0 Å². The van der Waals surface area contributed by atoms with Crippen LogP contribution in [0.1, 0.15) is 59.3 Å². The minimum absolute atomic E-state index is 0.306. The van der Waals surface area contributed by atoms with Crippen LogP contribution in [0, 0.1) is 5.41 Å². The van der Waals surface area contributed by atoms with Crippen molar-refractivity contribution in [3.8, 4) is 0 Å². The predicted molar refractivity (Wildman–Crippen MR) is 60.2 cm³/mol. The average molecular weight is 194 g/mol. The number of carbonyl (C=O) groups is 1. The van der Waals surface area contributed by atoms with E-state index in [1.54, 1.807) is 5.57 Å². The highest BCUT2D eigenvalue weighted by molar-refractivity contribution is 5.51. The second-order valence-electron chi connectivity index (χ2n) is 4.86. The van der Waals surface area contributed by atoms with Crippen LogP contribution >= 0.6 is 0 Å². The molecule has 1 atom stereocenters. The van der Waals surface area contributed by atoms with Gasteiger partial charge in [0.15, 0.2) is 0 Å². The van der Waals surface area contributed by atoms with Crippen LogP contribution in [-0.2, 0) is 4.79 Å². The molecule has 1 aliphatic carbocycles. The molecule has 1 heteroatoms. The van der Waals surface area contributed by atoms with E-state index in [1.807, 2.05) is 0 Å². The Morgan fingerprint density at radius 3 is 2.57 bits per heavy atom. The molecule has 0 N–H and O–H groups in total. The smallest absolute Gasteiger partial charge is 0.120 e. The molecule has 0 bridgehead atoms. The molecule has 0 aromatic carbocycles. The fraction of sp³-hybridized carbons (Fsp3) is 0.769. The Balaban J connectivity index is 2.76. The summed E-state index contributed by atoms with van der Waals surface area (Å²) in [7, 11) is 0. The van der Waals surface area contributed by atoms with Gasteiger partial charge in [-0.15, -0.1) is 0 Å². The summed E-state index contributed by atoms with van der Waals surface area (Å²) in [6, 6.07) is 0. The van der Waals surface area contributed by atoms with Crippen LogP contribution in [0.5, 0.6) is 0 Å². The molecule has 0 aliphatic heterocycles. The van der Waals surface area contributed by atoms with Crippen molar-refractivity contribution < 1.29 is 4.79 Å². The van der Waals surface area contributed by atoms with E-state index in [-0.39, 0.29) is 0 Å². The summed E-state index contributed by atoms with van der Waals surface area (Å²) < 4.78 is 0. The zero-order valence-electron chi connectivity index (χ0n) is 9.73.